The van der Waals surface area contributed by atoms with Gasteiger partial charge in [0, 0.05) is 18.1 Å². The molecule has 0 saturated heterocycles. The van der Waals surface area contributed by atoms with Crippen LogP contribution in [0.4, 0.5) is 0 Å². The first kappa shape index (κ1) is 11.9. The third-order valence-corrected chi connectivity index (χ3v) is 2.70. The molecule has 4 heteroatoms. The average molecular weight is 193 g/mol. The quantitative estimate of drug-likeness (QED) is 0.639. The summed E-state index contributed by atoms with van der Waals surface area (Å²) in [4.78, 5) is 0. The molecule has 0 aromatic carbocycles. The number of hydrogen-bond acceptors (Lipinski definition) is 3. The first-order chi connectivity index (χ1) is 5.42. The van der Waals surface area contributed by atoms with E-state index in [1.807, 2.05) is 6.92 Å². The molecule has 0 radical (unpaired) electrons. The zero-order valence-corrected chi connectivity index (χ0v) is 8.73. The van der Waals surface area contributed by atoms with E-state index in [1.165, 1.54) is 6.26 Å². The topological polar surface area (TPSA) is 60.2 Å². The fourth-order valence-electron chi connectivity index (χ4n) is 1.01. The lowest BCUT2D eigenvalue weighted by molar-refractivity contribution is 0.577. The van der Waals surface area contributed by atoms with Gasteiger partial charge in [-0.25, -0.2) is 8.42 Å². The highest BCUT2D eigenvalue weighted by Crippen LogP contribution is 2.03. The van der Waals surface area contributed by atoms with Gasteiger partial charge in [-0.1, -0.05) is 12.8 Å². The van der Waals surface area contributed by atoms with E-state index < -0.39 is 9.84 Å². The number of unbranched alkanes of at least 4 members (excludes halogenated alkanes) is 2. The van der Waals surface area contributed by atoms with Crippen molar-refractivity contribution in [3.8, 4) is 0 Å². The second kappa shape index (κ2) is 5.54. The molecule has 12 heavy (non-hydrogen) atoms. The van der Waals surface area contributed by atoms with Crippen molar-refractivity contribution >= 4 is 9.84 Å². The van der Waals surface area contributed by atoms with Crippen LogP contribution in [0.15, 0.2) is 0 Å². The summed E-state index contributed by atoms with van der Waals surface area (Å²) in [6, 6.07) is 0.239. The molecule has 1 unspecified atom stereocenters. The monoisotopic (exact) mass is 193 g/mol. The van der Waals surface area contributed by atoms with Gasteiger partial charge in [-0.2, -0.15) is 0 Å². The Morgan fingerprint density at radius 3 is 2.25 bits per heavy atom. The van der Waals surface area contributed by atoms with Gasteiger partial charge in [-0.3, -0.25) is 0 Å². The van der Waals surface area contributed by atoms with Gasteiger partial charge in [0.15, 0.2) is 0 Å². The van der Waals surface area contributed by atoms with E-state index in [2.05, 4.69) is 0 Å². The van der Waals surface area contributed by atoms with E-state index in [0.717, 1.165) is 25.7 Å². The normalized spacial score (nSPS) is 14.6. The fourth-order valence-corrected chi connectivity index (χ4v) is 1.74. The SMILES string of the molecule is CC(N)CCCCCS(C)(=O)=O. The maximum absolute atomic E-state index is 10.7. The lowest BCUT2D eigenvalue weighted by Gasteiger charge is -2.03. The Bertz CT molecular complexity index is 197. The molecule has 1 atom stereocenters. The van der Waals surface area contributed by atoms with Crippen molar-refractivity contribution in [3.63, 3.8) is 0 Å². The van der Waals surface area contributed by atoms with Crippen molar-refractivity contribution in [3.05, 3.63) is 0 Å². The summed E-state index contributed by atoms with van der Waals surface area (Å²) >= 11 is 0. The Morgan fingerprint density at radius 2 is 1.83 bits per heavy atom. The third-order valence-electron chi connectivity index (χ3n) is 1.67. The molecule has 0 fully saturated rings. The van der Waals surface area contributed by atoms with E-state index in [-0.39, 0.29) is 6.04 Å². The second-order valence-corrected chi connectivity index (χ2v) is 5.72. The van der Waals surface area contributed by atoms with Gasteiger partial charge >= 0.3 is 0 Å². The Kier molecular flexibility index (Phi) is 5.50. The Hall–Kier alpha value is -0.0900. The molecule has 0 aliphatic rings. The molecule has 0 aliphatic heterocycles. The summed E-state index contributed by atoms with van der Waals surface area (Å²) in [7, 11) is -2.76. The average Bonchev–Trinajstić information content (AvgIpc) is 1.83. The summed E-state index contributed by atoms with van der Waals surface area (Å²) in [6.45, 7) is 1.97. The highest BCUT2D eigenvalue weighted by Gasteiger charge is 2.01. The zero-order valence-electron chi connectivity index (χ0n) is 7.91. The van der Waals surface area contributed by atoms with Gasteiger partial charge < -0.3 is 5.73 Å². The number of nitrogens with two attached hydrogens (primary N) is 1. The highest BCUT2D eigenvalue weighted by molar-refractivity contribution is 7.90. The maximum Gasteiger partial charge on any atom is 0.147 e. The molecular weight excluding hydrogens is 174 g/mol. The van der Waals surface area contributed by atoms with Crippen molar-refractivity contribution in [1.82, 2.24) is 0 Å². The molecule has 0 amide bonds. The molecule has 0 aromatic rings. The predicted molar refractivity (Wildman–Crippen MR) is 51.8 cm³/mol. The number of hydrogen-bond donors (Lipinski definition) is 1. The Labute approximate surface area is 75.3 Å². The lowest BCUT2D eigenvalue weighted by atomic mass is 10.1. The summed E-state index contributed by atoms with van der Waals surface area (Å²) in [6.07, 6.45) is 5.04. The first-order valence-corrected chi connectivity index (χ1v) is 6.41. The minimum atomic E-state index is -2.76. The van der Waals surface area contributed by atoms with Crippen molar-refractivity contribution in [2.24, 2.45) is 5.73 Å². The van der Waals surface area contributed by atoms with Crippen LogP contribution >= 0.6 is 0 Å². The maximum atomic E-state index is 10.7. The molecule has 0 rings (SSSR count). The van der Waals surface area contributed by atoms with Crippen molar-refractivity contribution in [2.75, 3.05) is 12.0 Å². The van der Waals surface area contributed by atoms with Crippen LogP contribution in [0.1, 0.15) is 32.6 Å². The van der Waals surface area contributed by atoms with E-state index in [9.17, 15) is 8.42 Å². The third kappa shape index (κ3) is 9.91. The smallest absolute Gasteiger partial charge is 0.147 e. The summed E-state index contributed by atoms with van der Waals surface area (Å²) in [5.74, 6) is 0.311. The van der Waals surface area contributed by atoms with E-state index in [1.54, 1.807) is 0 Å². The fraction of sp³-hybridized carbons (Fsp3) is 1.00. The molecule has 0 saturated carbocycles. The van der Waals surface area contributed by atoms with Gasteiger partial charge in [0.1, 0.15) is 9.84 Å². The van der Waals surface area contributed by atoms with E-state index in [0.29, 0.717) is 5.75 Å². The van der Waals surface area contributed by atoms with Crippen LogP contribution in [0.25, 0.3) is 0 Å². The van der Waals surface area contributed by atoms with Gasteiger partial charge in [0.25, 0.3) is 0 Å². The molecule has 0 spiro atoms. The van der Waals surface area contributed by atoms with Crippen molar-refractivity contribution in [1.29, 1.82) is 0 Å². The van der Waals surface area contributed by atoms with Crippen molar-refractivity contribution in [2.45, 2.75) is 38.6 Å². The number of sulfone groups is 1. The molecule has 2 N–H and O–H groups in total. The van der Waals surface area contributed by atoms with Gasteiger partial charge in [0.05, 0.1) is 0 Å². The summed E-state index contributed by atoms with van der Waals surface area (Å²) in [5, 5.41) is 0. The molecule has 74 valence electrons. The van der Waals surface area contributed by atoms with Crippen LogP contribution < -0.4 is 5.73 Å². The standard InChI is InChI=1S/C8H19NO2S/c1-8(9)6-4-3-5-7-12(2,10)11/h8H,3-7,9H2,1-2H3. The first-order valence-electron chi connectivity index (χ1n) is 4.35. The molecule has 0 aliphatic carbocycles. The van der Waals surface area contributed by atoms with Gasteiger partial charge in [0.2, 0.25) is 0 Å². The predicted octanol–water partition coefficient (Wildman–Crippen LogP) is 0.939. The molecule has 0 heterocycles. The molecular formula is C8H19NO2S. The van der Waals surface area contributed by atoms with Crippen LogP contribution in [0, 0.1) is 0 Å². The van der Waals surface area contributed by atoms with Crippen LogP contribution in [-0.4, -0.2) is 26.5 Å². The minimum absolute atomic E-state index is 0.239. The lowest BCUT2D eigenvalue weighted by Crippen LogP contribution is -2.14. The Balaban J connectivity index is 3.23. The highest BCUT2D eigenvalue weighted by atomic mass is 32.2. The van der Waals surface area contributed by atoms with Crippen LogP contribution in [0.5, 0.6) is 0 Å². The zero-order chi connectivity index (χ0) is 9.61. The van der Waals surface area contributed by atoms with E-state index in [4.69, 9.17) is 5.73 Å². The Morgan fingerprint density at radius 1 is 1.25 bits per heavy atom. The summed E-state index contributed by atoms with van der Waals surface area (Å²) < 4.78 is 21.4. The van der Waals surface area contributed by atoms with E-state index >= 15 is 0 Å². The van der Waals surface area contributed by atoms with Gasteiger partial charge in [-0.05, 0) is 19.8 Å². The van der Waals surface area contributed by atoms with Gasteiger partial charge in [-0.15, -0.1) is 0 Å². The van der Waals surface area contributed by atoms with Crippen molar-refractivity contribution < 1.29 is 8.42 Å². The molecule has 0 aromatic heterocycles. The largest absolute Gasteiger partial charge is 0.328 e. The number of rotatable bonds is 6. The van der Waals surface area contributed by atoms with Crippen LogP contribution in [-0.2, 0) is 9.84 Å². The van der Waals surface area contributed by atoms with Crippen LogP contribution in [0.3, 0.4) is 0 Å². The molecule has 3 nitrogen and oxygen atoms in total. The van der Waals surface area contributed by atoms with Crippen LogP contribution in [0.2, 0.25) is 0 Å². The summed E-state index contributed by atoms with van der Waals surface area (Å²) in [5.41, 5.74) is 5.54. The minimum Gasteiger partial charge on any atom is -0.328 e. The second-order valence-electron chi connectivity index (χ2n) is 3.46. The molecule has 0 bridgehead atoms.